The van der Waals surface area contributed by atoms with Gasteiger partial charge in [0.15, 0.2) is 0 Å². The van der Waals surface area contributed by atoms with E-state index in [-0.39, 0.29) is 0 Å². The summed E-state index contributed by atoms with van der Waals surface area (Å²) in [5.74, 6) is 0. The van der Waals surface area contributed by atoms with Gasteiger partial charge in [0.25, 0.3) is 0 Å². The van der Waals surface area contributed by atoms with Crippen molar-refractivity contribution in [1.29, 1.82) is 0 Å². The van der Waals surface area contributed by atoms with Gasteiger partial charge in [0, 0.05) is 16.5 Å². The minimum Gasteiger partial charge on any atom is -0.105 e. The number of halogens is 3. The first-order chi connectivity index (χ1) is 7.12. The van der Waals surface area contributed by atoms with Gasteiger partial charge < -0.3 is 0 Å². The third-order valence-electron chi connectivity index (χ3n) is 2.23. The quantitative estimate of drug-likeness (QED) is 0.642. The summed E-state index contributed by atoms with van der Waals surface area (Å²) in [6, 6.07) is 7.48. The van der Waals surface area contributed by atoms with Gasteiger partial charge in [0.05, 0.1) is 0 Å². The second-order valence-electron chi connectivity index (χ2n) is 3.30. The molecular weight excluding hydrogens is 250 g/mol. The highest BCUT2D eigenvalue weighted by molar-refractivity contribution is 6.36. The van der Waals surface area contributed by atoms with Crippen molar-refractivity contribution in [1.82, 2.24) is 0 Å². The van der Waals surface area contributed by atoms with E-state index >= 15 is 0 Å². The Morgan fingerprint density at radius 3 is 2.47 bits per heavy atom. The lowest BCUT2D eigenvalue weighted by Gasteiger charge is -2.24. The molecule has 0 fully saturated rings. The third kappa shape index (κ3) is 2.23. The molecule has 0 spiro atoms. The predicted octanol–water partition coefficient (Wildman–Crippen LogP) is 4.67. The van der Waals surface area contributed by atoms with E-state index in [1.807, 2.05) is 36.4 Å². The molecule has 1 aliphatic carbocycles. The van der Waals surface area contributed by atoms with Gasteiger partial charge >= 0.3 is 0 Å². The Labute approximate surface area is 104 Å². The molecule has 3 heteroatoms. The molecule has 0 aliphatic heterocycles. The predicted molar refractivity (Wildman–Crippen MR) is 66.4 cm³/mol. The zero-order chi connectivity index (χ0) is 10.9. The van der Waals surface area contributed by atoms with Crippen molar-refractivity contribution in [2.24, 2.45) is 0 Å². The van der Waals surface area contributed by atoms with E-state index in [0.29, 0.717) is 10.1 Å². The molecule has 1 aromatic rings. The number of allylic oxidation sites excluding steroid dienone is 4. The standard InChI is InChI=1S/C12H8Cl3/c13-9-4-3-7-12(15,8-9)10-5-1-2-6-11(10)14/h1-8H. The monoisotopic (exact) mass is 257 g/mol. The van der Waals surface area contributed by atoms with Crippen molar-refractivity contribution in [3.05, 3.63) is 64.5 Å². The van der Waals surface area contributed by atoms with Crippen LogP contribution in [0, 0.1) is 6.42 Å². The first kappa shape index (κ1) is 11.1. The van der Waals surface area contributed by atoms with E-state index in [9.17, 15) is 0 Å². The van der Waals surface area contributed by atoms with Gasteiger partial charge in [0.1, 0.15) is 4.87 Å². The second-order valence-corrected chi connectivity index (χ2v) is 4.77. The number of hydrogen-bond acceptors (Lipinski definition) is 0. The van der Waals surface area contributed by atoms with E-state index in [4.69, 9.17) is 34.8 Å². The van der Waals surface area contributed by atoms with Crippen LogP contribution in [0.5, 0.6) is 0 Å². The Morgan fingerprint density at radius 2 is 1.80 bits per heavy atom. The maximum atomic E-state index is 6.45. The summed E-state index contributed by atoms with van der Waals surface area (Å²) >= 11 is 18.5. The molecule has 0 N–H and O–H groups in total. The Balaban J connectivity index is 2.50. The summed E-state index contributed by atoms with van der Waals surface area (Å²) in [6.45, 7) is 0. The van der Waals surface area contributed by atoms with Crippen molar-refractivity contribution < 1.29 is 0 Å². The normalized spacial score (nSPS) is 25.1. The average Bonchev–Trinajstić information content (AvgIpc) is 2.17. The largest absolute Gasteiger partial charge is 0.108 e. The van der Waals surface area contributed by atoms with Gasteiger partial charge in [-0.15, -0.1) is 11.6 Å². The lowest BCUT2D eigenvalue weighted by molar-refractivity contribution is 0.955. The molecule has 2 rings (SSSR count). The molecule has 0 saturated heterocycles. The first-order valence-electron chi connectivity index (χ1n) is 4.47. The summed E-state index contributed by atoms with van der Waals surface area (Å²) in [7, 11) is 0. The third-order valence-corrected chi connectivity index (χ3v) is 3.23. The van der Waals surface area contributed by atoms with Gasteiger partial charge in [-0.1, -0.05) is 53.6 Å². The highest BCUT2D eigenvalue weighted by Crippen LogP contribution is 2.40. The highest BCUT2D eigenvalue weighted by atomic mass is 35.5. The zero-order valence-electron chi connectivity index (χ0n) is 7.75. The molecule has 0 aromatic heterocycles. The maximum absolute atomic E-state index is 6.45. The van der Waals surface area contributed by atoms with Crippen LogP contribution in [-0.2, 0) is 4.87 Å². The number of rotatable bonds is 1. The Morgan fingerprint density at radius 1 is 1.07 bits per heavy atom. The molecule has 0 heterocycles. The molecule has 1 unspecified atom stereocenters. The molecule has 77 valence electrons. The van der Waals surface area contributed by atoms with Crippen LogP contribution in [0.2, 0.25) is 5.02 Å². The molecule has 0 amide bonds. The van der Waals surface area contributed by atoms with Gasteiger partial charge in [-0.05, 0) is 17.7 Å². The average molecular weight is 259 g/mol. The first-order valence-corrected chi connectivity index (χ1v) is 5.60. The van der Waals surface area contributed by atoms with Gasteiger partial charge in [-0.2, -0.15) is 0 Å². The van der Waals surface area contributed by atoms with Gasteiger partial charge in [-0.25, -0.2) is 0 Å². The molecule has 1 aliphatic rings. The van der Waals surface area contributed by atoms with Crippen LogP contribution >= 0.6 is 34.8 Å². The molecule has 1 atom stereocenters. The van der Waals surface area contributed by atoms with E-state index in [1.165, 1.54) is 0 Å². The smallest absolute Gasteiger partial charge is 0.105 e. The van der Waals surface area contributed by atoms with E-state index < -0.39 is 4.87 Å². The van der Waals surface area contributed by atoms with E-state index in [2.05, 4.69) is 0 Å². The lowest BCUT2D eigenvalue weighted by Crippen LogP contribution is -2.15. The lowest BCUT2D eigenvalue weighted by atomic mass is 9.93. The number of hydrogen-bond donors (Lipinski definition) is 0. The molecule has 0 bridgehead atoms. The minimum absolute atomic E-state index is 0.618. The minimum atomic E-state index is -0.732. The summed E-state index contributed by atoms with van der Waals surface area (Å²) in [5.41, 5.74) is 0.843. The molecule has 15 heavy (non-hydrogen) atoms. The second kappa shape index (κ2) is 4.21. The number of alkyl halides is 1. The van der Waals surface area contributed by atoms with E-state index in [1.54, 1.807) is 12.5 Å². The molecule has 0 saturated carbocycles. The highest BCUT2D eigenvalue weighted by Gasteiger charge is 2.28. The molecular formula is C12H8Cl3. The molecule has 1 aromatic carbocycles. The van der Waals surface area contributed by atoms with Crippen LogP contribution in [0.15, 0.2) is 47.5 Å². The Hall–Kier alpha value is -0.430. The SMILES string of the molecule is ClC1=CC(Cl)(c2ccccc2Cl)C=C[CH]1. The van der Waals surface area contributed by atoms with Crippen LogP contribution in [0.25, 0.3) is 0 Å². The van der Waals surface area contributed by atoms with Crippen molar-refractivity contribution >= 4 is 34.8 Å². The molecule has 0 nitrogen and oxygen atoms in total. The maximum Gasteiger partial charge on any atom is 0.108 e. The van der Waals surface area contributed by atoms with Crippen molar-refractivity contribution in [3.8, 4) is 0 Å². The van der Waals surface area contributed by atoms with Crippen LogP contribution in [-0.4, -0.2) is 0 Å². The Kier molecular flexibility index (Phi) is 3.11. The zero-order valence-corrected chi connectivity index (χ0v) is 10.0. The fourth-order valence-corrected chi connectivity index (χ4v) is 2.51. The summed E-state index contributed by atoms with van der Waals surface area (Å²) in [5, 5.41) is 1.26. The van der Waals surface area contributed by atoms with Crippen LogP contribution in [0.1, 0.15) is 5.56 Å². The molecule has 1 radical (unpaired) electrons. The van der Waals surface area contributed by atoms with Crippen LogP contribution < -0.4 is 0 Å². The van der Waals surface area contributed by atoms with Crippen molar-refractivity contribution in [2.75, 3.05) is 0 Å². The van der Waals surface area contributed by atoms with Gasteiger partial charge in [0.2, 0.25) is 0 Å². The van der Waals surface area contributed by atoms with E-state index in [0.717, 1.165) is 5.56 Å². The fraction of sp³-hybridized carbons (Fsp3) is 0.0833. The van der Waals surface area contributed by atoms with Crippen LogP contribution in [0.3, 0.4) is 0 Å². The van der Waals surface area contributed by atoms with Crippen LogP contribution in [0.4, 0.5) is 0 Å². The topological polar surface area (TPSA) is 0 Å². The summed E-state index contributed by atoms with van der Waals surface area (Å²) in [6.07, 6.45) is 7.26. The summed E-state index contributed by atoms with van der Waals surface area (Å²) < 4.78 is 0. The summed E-state index contributed by atoms with van der Waals surface area (Å²) in [4.78, 5) is -0.732. The van der Waals surface area contributed by atoms with Crippen molar-refractivity contribution in [3.63, 3.8) is 0 Å². The Bertz CT molecular complexity index is 434. The van der Waals surface area contributed by atoms with Gasteiger partial charge in [-0.3, -0.25) is 0 Å². The fourth-order valence-electron chi connectivity index (χ4n) is 1.52. The van der Waals surface area contributed by atoms with Crippen molar-refractivity contribution in [2.45, 2.75) is 4.87 Å². The number of benzene rings is 1.